The van der Waals surface area contributed by atoms with Crippen LogP contribution in [0, 0.1) is 0 Å². The Morgan fingerprint density at radius 2 is 1.60 bits per heavy atom. The molecule has 9 nitrogen and oxygen atoms in total. The van der Waals surface area contributed by atoms with Gasteiger partial charge in [-0.2, -0.15) is 0 Å². The van der Waals surface area contributed by atoms with Crippen molar-refractivity contribution in [3.63, 3.8) is 0 Å². The van der Waals surface area contributed by atoms with Gasteiger partial charge in [-0.3, -0.25) is 14.6 Å². The van der Waals surface area contributed by atoms with Crippen molar-refractivity contribution in [2.24, 2.45) is 9.98 Å². The average molecular weight is 563 g/mol. The number of hydrogen-bond acceptors (Lipinski definition) is 7. The highest BCUT2D eigenvalue weighted by Gasteiger charge is 2.43. The maximum absolute atomic E-state index is 12.4. The van der Waals surface area contributed by atoms with Gasteiger partial charge in [0.05, 0.1) is 6.61 Å². The van der Waals surface area contributed by atoms with Crippen molar-refractivity contribution in [2.75, 3.05) is 20.7 Å². The van der Waals surface area contributed by atoms with E-state index in [0.29, 0.717) is 37.5 Å². The molecular formula is C33H30N4O5. The quantitative estimate of drug-likeness (QED) is 0.280. The number of rotatable bonds is 8. The largest absolute Gasteiger partial charge is 0.508 e. The van der Waals surface area contributed by atoms with Gasteiger partial charge >= 0.3 is 6.03 Å². The molecule has 4 aromatic carbocycles. The number of amidine groups is 2. The molecule has 2 heterocycles. The number of urea groups is 1. The highest BCUT2D eigenvalue weighted by molar-refractivity contribution is 6.25. The minimum atomic E-state index is -0.747. The summed E-state index contributed by atoms with van der Waals surface area (Å²) in [4.78, 5) is 35.8. The molecule has 0 saturated carbocycles. The molecule has 0 bridgehead atoms. The Morgan fingerprint density at radius 3 is 2.36 bits per heavy atom. The number of benzene rings is 4. The second-order valence-electron chi connectivity index (χ2n) is 10.5. The molecule has 2 aliphatic heterocycles. The number of nitrogens with zero attached hydrogens (tertiary/aromatic N) is 4. The third-order valence-corrected chi connectivity index (χ3v) is 7.66. The number of aliphatic imine (C=N–C) groups is 2. The normalized spacial score (nSPS) is 16.5. The topological polar surface area (TPSA) is 115 Å². The fourth-order valence-electron chi connectivity index (χ4n) is 5.39. The van der Waals surface area contributed by atoms with Crippen LogP contribution in [0.25, 0.3) is 21.9 Å². The molecule has 212 valence electrons. The zero-order chi connectivity index (χ0) is 29.4. The molecule has 9 heteroatoms. The zero-order valence-corrected chi connectivity index (χ0v) is 23.3. The maximum atomic E-state index is 12.4. The van der Waals surface area contributed by atoms with Gasteiger partial charge < -0.3 is 14.9 Å². The van der Waals surface area contributed by atoms with Crippen molar-refractivity contribution < 1.29 is 24.5 Å². The standard InChI is InChI=1S/C33H30N4O5/c1-36-31-30(32(40)37(2)33(36)41)34-29(35-31)4-3-17-42-25-13-5-20(6-14-25)18-28-26(21-7-10-23(38)11-8-21)15-9-22-19-24(39)12-16-27(22)28/h5-16,19,30,38-39H,3-4,17-18H2,1-2H3. The number of carbonyl (C=O) groups excluding carboxylic acids is 2. The van der Waals surface area contributed by atoms with Crippen molar-refractivity contribution in [3.05, 3.63) is 90.0 Å². The Hall–Kier alpha value is -5.18. The minimum absolute atomic E-state index is 0.219. The van der Waals surface area contributed by atoms with Gasteiger partial charge in [0.15, 0.2) is 6.04 Å². The molecule has 3 amide bonds. The second-order valence-corrected chi connectivity index (χ2v) is 10.5. The summed E-state index contributed by atoms with van der Waals surface area (Å²) in [6, 6.07) is 23.5. The lowest BCUT2D eigenvalue weighted by Crippen LogP contribution is -2.58. The summed E-state index contributed by atoms with van der Waals surface area (Å²) in [5, 5.41) is 21.8. The lowest BCUT2D eigenvalue weighted by molar-refractivity contribution is -0.128. The van der Waals surface area contributed by atoms with Gasteiger partial charge in [0.1, 0.15) is 28.9 Å². The first-order chi connectivity index (χ1) is 20.3. The number of aromatic hydroxyl groups is 2. The van der Waals surface area contributed by atoms with Gasteiger partial charge in [-0.1, -0.05) is 42.5 Å². The Balaban J connectivity index is 1.12. The van der Waals surface area contributed by atoms with Crippen molar-refractivity contribution in [1.29, 1.82) is 0 Å². The summed E-state index contributed by atoms with van der Waals surface area (Å²) in [7, 11) is 3.05. The number of fused-ring (bicyclic) bond motifs is 2. The van der Waals surface area contributed by atoms with E-state index in [9.17, 15) is 19.8 Å². The molecule has 1 fully saturated rings. The Bertz CT molecular complexity index is 1750. The van der Waals surface area contributed by atoms with Crippen LogP contribution >= 0.6 is 0 Å². The smallest absolute Gasteiger partial charge is 0.331 e. The third-order valence-electron chi connectivity index (χ3n) is 7.66. The molecule has 6 rings (SSSR count). The first-order valence-corrected chi connectivity index (χ1v) is 13.7. The molecule has 1 saturated heterocycles. The number of hydrogen-bond donors (Lipinski definition) is 2. The molecule has 1 unspecified atom stereocenters. The van der Waals surface area contributed by atoms with E-state index in [-0.39, 0.29) is 17.4 Å². The molecule has 0 radical (unpaired) electrons. The van der Waals surface area contributed by atoms with Crippen molar-refractivity contribution in [3.8, 4) is 28.4 Å². The van der Waals surface area contributed by atoms with Crippen LogP contribution < -0.4 is 4.74 Å². The molecule has 42 heavy (non-hydrogen) atoms. The van der Waals surface area contributed by atoms with Crippen LogP contribution in [0.1, 0.15) is 24.0 Å². The number of carbonyl (C=O) groups is 2. The van der Waals surface area contributed by atoms with Crippen LogP contribution in [0.2, 0.25) is 0 Å². The van der Waals surface area contributed by atoms with E-state index in [4.69, 9.17) is 4.74 Å². The molecule has 2 N–H and O–H groups in total. The van der Waals surface area contributed by atoms with E-state index >= 15 is 0 Å². The number of ether oxygens (including phenoxy) is 1. The van der Waals surface area contributed by atoms with Crippen LogP contribution in [0.5, 0.6) is 17.2 Å². The van der Waals surface area contributed by atoms with Crippen LogP contribution in [-0.4, -0.2) is 70.4 Å². The Morgan fingerprint density at radius 1 is 0.857 bits per heavy atom. The summed E-state index contributed by atoms with van der Waals surface area (Å²) in [5.74, 6) is 1.75. The van der Waals surface area contributed by atoms with Gasteiger partial charge in [0.2, 0.25) is 0 Å². The van der Waals surface area contributed by atoms with E-state index in [2.05, 4.69) is 16.1 Å². The summed E-state index contributed by atoms with van der Waals surface area (Å²) >= 11 is 0. The van der Waals surface area contributed by atoms with Crippen LogP contribution in [0.3, 0.4) is 0 Å². The van der Waals surface area contributed by atoms with Gasteiger partial charge in [-0.05, 0) is 82.3 Å². The fourth-order valence-corrected chi connectivity index (χ4v) is 5.39. The minimum Gasteiger partial charge on any atom is -0.508 e. The van der Waals surface area contributed by atoms with Gasteiger partial charge in [0.25, 0.3) is 5.91 Å². The summed E-state index contributed by atoms with van der Waals surface area (Å²) in [6.07, 6.45) is 1.86. The number of phenolic OH excluding ortho intramolecular Hbond substituents is 2. The summed E-state index contributed by atoms with van der Waals surface area (Å²) in [6.45, 7) is 0.453. The van der Waals surface area contributed by atoms with E-state index in [0.717, 1.165) is 43.7 Å². The maximum Gasteiger partial charge on any atom is 0.331 e. The van der Waals surface area contributed by atoms with E-state index < -0.39 is 12.1 Å². The van der Waals surface area contributed by atoms with E-state index in [1.807, 2.05) is 48.5 Å². The SMILES string of the molecule is CN1C(=O)C2N=C(CCCOc3ccc(Cc4c(-c5ccc(O)cc5)ccc5cc(O)ccc45)cc3)N=C2N(C)C1=O. The van der Waals surface area contributed by atoms with Gasteiger partial charge in [-0.15, -0.1) is 0 Å². The lowest BCUT2D eigenvalue weighted by atomic mass is 9.90. The van der Waals surface area contributed by atoms with Crippen LogP contribution in [0.4, 0.5) is 4.79 Å². The predicted octanol–water partition coefficient (Wildman–Crippen LogP) is 5.37. The molecule has 0 aliphatic carbocycles. The molecular weight excluding hydrogens is 532 g/mol. The monoisotopic (exact) mass is 562 g/mol. The molecule has 4 aromatic rings. The van der Waals surface area contributed by atoms with Gasteiger partial charge in [-0.25, -0.2) is 14.8 Å². The molecule has 1 atom stereocenters. The summed E-state index contributed by atoms with van der Waals surface area (Å²) < 4.78 is 5.96. The molecule has 0 aromatic heterocycles. The first-order valence-electron chi connectivity index (χ1n) is 13.7. The average Bonchev–Trinajstić information content (AvgIpc) is 3.43. The number of likely N-dealkylation sites (N-methyl/N-ethyl adjacent to an activating group) is 2. The van der Waals surface area contributed by atoms with Crippen molar-refractivity contribution in [2.45, 2.75) is 25.3 Å². The third kappa shape index (κ3) is 5.16. The van der Waals surface area contributed by atoms with E-state index in [1.54, 1.807) is 31.3 Å². The highest BCUT2D eigenvalue weighted by Crippen LogP contribution is 2.34. The predicted molar refractivity (Wildman–Crippen MR) is 161 cm³/mol. The lowest BCUT2D eigenvalue weighted by Gasteiger charge is -2.31. The number of imide groups is 1. The second kappa shape index (κ2) is 11.0. The first kappa shape index (κ1) is 27.0. The number of phenols is 2. The van der Waals surface area contributed by atoms with Crippen LogP contribution in [0.15, 0.2) is 88.8 Å². The van der Waals surface area contributed by atoms with E-state index in [1.165, 1.54) is 11.9 Å². The zero-order valence-electron chi connectivity index (χ0n) is 23.3. The fraction of sp³-hybridized carbons (Fsp3) is 0.212. The molecule has 0 spiro atoms. The Kier molecular flexibility index (Phi) is 7.08. The summed E-state index contributed by atoms with van der Waals surface area (Å²) in [5.41, 5.74) is 4.30. The van der Waals surface area contributed by atoms with Gasteiger partial charge in [0, 0.05) is 20.5 Å². The van der Waals surface area contributed by atoms with Crippen LogP contribution in [-0.2, 0) is 11.2 Å². The molecule has 2 aliphatic rings. The Labute approximate surface area is 243 Å². The number of amides is 3. The van der Waals surface area contributed by atoms with Crippen molar-refractivity contribution >= 4 is 34.4 Å². The van der Waals surface area contributed by atoms with Crippen molar-refractivity contribution in [1.82, 2.24) is 9.80 Å². The highest BCUT2D eigenvalue weighted by atomic mass is 16.5.